The first-order chi connectivity index (χ1) is 6.77. The van der Waals surface area contributed by atoms with E-state index in [9.17, 15) is 4.39 Å². The van der Waals surface area contributed by atoms with Gasteiger partial charge >= 0.3 is 0 Å². The number of hydrogen-bond donors (Lipinski definition) is 1. The minimum Gasteiger partial charge on any atom is -0.314 e. The van der Waals surface area contributed by atoms with Crippen LogP contribution >= 0.6 is 0 Å². The second kappa shape index (κ2) is 4.58. The van der Waals surface area contributed by atoms with Crippen LogP contribution in [0.2, 0.25) is 0 Å². The van der Waals surface area contributed by atoms with Crippen molar-refractivity contribution in [3.8, 4) is 0 Å². The van der Waals surface area contributed by atoms with Gasteiger partial charge in [0.05, 0.1) is 0 Å². The molecule has 2 saturated heterocycles. The first kappa shape index (κ1) is 10.4. The molecule has 2 nitrogen and oxygen atoms in total. The van der Waals surface area contributed by atoms with E-state index >= 15 is 0 Å². The molecule has 0 saturated carbocycles. The maximum atomic E-state index is 13.7. The maximum Gasteiger partial charge on any atom is 0.128 e. The van der Waals surface area contributed by atoms with Crippen molar-refractivity contribution in [3.05, 3.63) is 0 Å². The summed E-state index contributed by atoms with van der Waals surface area (Å²) in [5.41, 5.74) is 0. The third kappa shape index (κ3) is 2.26. The Morgan fingerprint density at radius 1 is 1.36 bits per heavy atom. The van der Waals surface area contributed by atoms with E-state index in [0.29, 0.717) is 6.54 Å². The van der Waals surface area contributed by atoms with Crippen molar-refractivity contribution in [2.75, 3.05) is 26.2 Å². The highest BCUT2D eigenvalue weighted by molar-refractivity contribution is 4.87. The van der Waals surface area contributed by atoms with E-state index in [0.717, 1.165) is 32.0 Å². The molecule has 0 amide bonds. The third-order valence-corrected chi connectivity index (χ3v) is 3.53. The molecule has 0 aromatic rings. The van der Waals surface area contributed by atoms with Gasteiger partial charge in [-0.3, -0.25) is 4.90 Å². The number of piperidine rings is 2. The van der Waals surface area contributed by atoms with Crippen molar-refractivity contribution in [3.63, 3.8) is 0 Å². The van der Waals surface area contributed by atoms with Crippen LogP contribution in [0.25, 0.3) is 0 Å². The number of nitrogens with one attached hydrogen (secondary N) is 1. The SMILES string of the molecule is C[C@@H]1CCCN([C@@H]2CCNC[C@H]2F)C1. The fourth-order valence-corrected chi connectivity index (χ4v) is 2.75. The van der Waals surface area contributed by atoms with Crippen LogP contribution in [0, 0.1) is 5.92 Å². The maximum absolute atomic E-state index is 13.7. The summed E-state index contributed by atoms with van der Waals surface area (Å²) in [5.74, 6) is 0.755. The number of alkyl halides is 1. The molecule has 82 valence electrons. The summed E-state index contributed by atoms with van der Waals surface area (Å²) in [6.07, 6.45) is 2.89. The summed E-state index contributed by atoms with van der Waals surface area (Å²) in [6, 6.07) is 0.194. The third-order valence-electron chi connectivity index (χ3n) is 3.53. The van der Waals surface area contributed by atoms with Crippen LogP contribution in [0.4, 0.5) is 4.39 Å². The van der Waals surface area contributed by atoms with Gasteiger partial charge in [-0.1, -0.05) is 6.92 Å². The Kier molecular flexibility index (Phi) is 3.39. The first-order valence-corrected chi connectivity index (χ1v) is 5.86. The van der Waals surface area contributed by atoms with Gasteiger partial charge in [-0.2, -0.15) is 0 Å². The summed E-state index contributed by atoms with van der Waals surface area (Å²) in [6.45, 7) is 6.02. The Balaban J connectivity index is 1.91. The summed E-state index contributed by atoms with van der Waals surface area (Å²) >= 11 is 0. The minimum absolute atomic E-state index is 0.194. The van der Waals surface area contributed by atoms with E-state index in [1.54, 1.807) is 0 Å². The van der Waals surface area contributed by atoms with Gasteiger partial charge < -0.3 is 5.32 Å². The zero-order valence-corrected chi connectivity index (χ0v) is 9.01. The summed E-state index contributed by atoms with van der Waals surface area (Å²) in [4.78, 5) is 2.37. The predicted molar refractivity (Wildman–Crippen MR) is 56.1 cm³/mol. The highest BCUT2D eigenvalue weighted by atomic mass is 19.1. The predicted octanol–water partition coefficient (Wildman–Crippen LogP) is 1.42. The normalized spacial score (nSPS) is 41.1. The zero-order valence-electron chi connectivity index (χ0n) is 9.01. The van der Waals surface area contributed by atoms with E-state index in [1.807, 2.05) is 0 Å². The molecule has 0 unspecified atom stereocenters. The average Bonchev–Trinajstić information content (AvgIpc) is 2.18. The lowest BCUT2D eigenvalue weighted by Crippen LogP contribution is -2.53. The lowest BCUT2D eigenvalue weighted by molar-refractivity contribution is 0.0533. The lowest BCUT2D eigenvalue weighted by Gasteiger charge is -2.40. The van der Waals surface area contributed by atoms with E-state index in [-0.39, 0.29) is 6.04 Å². The van der Waals surface area contributed by atoms with E-state index in [4.69, 9.17) is 0 Å². The van der Waals surface area contributed by atoms with Gasteiger partial charge in [-0.25, -0.2) is 4.39 Å². The summed E-state index contributed by atoms with van der Waals surface area (Å²) < 4.78 is 13.7. The van der Waals surface area contributed by atoms with Crippen LogP contribution in [-0.2, 0) is 0 Å². The van der Waals surface area contributed by atoms with E-state index < -0.39 is 6.17 Å². The smallest absolute Gasteiger partial charge is 0.128 e. The first-order valence-electron chi connectivity index (χ1n) is 5.86. The van der Waals surface area contributed by atoms with Gasteiger partial charge in [-0.15, -0.1) is 0 Å². The second-order valence-corrected chi connectivity index (χ2v) is 4.82. The molecule has 2 heterocycles. The van der Waals surface area contributed by atoms with Gasteiger partial charge in [-0.05, 0) is 38.3 Å². The number of halogens is 1. The van der Waals surface area contributed by atoms with Crippen molar-refractivity contribution in [2.24, 2.45) is 5.92 Å². The molecule has 2 aliphatic rings. The molecule has 0 aromatic carbocycles. The Morgan fingerprint density at radius 2 is 2.21 bits per heavy atom. The standard InChI is InChI=1S/C11H21FN2/c1-9-3-2-6-14(8-9)11-4-5-13-7-10(11)12/h9-11,13H,2-8H2,1H3/t9-,10-,11-/m1/s1. The molecule has 2 fully saturated rings. The fourth-order valence-electron chi connectivity index (χ4n) is 2.75. The highest BCUT2D eigenvalue weighted by Crippen LogP contribution is 2.22. The highest BCUT2D eigenvalue weighted by Gasteiger charge is 2.31. The monoisotopic (exact) mass is 200 g/mol. The molecule has 0 spiro atoms. The van der Waals surface area contributed by atoms with Gasteiger partial charge in [0, 0.05) is 19.1 Å². The molecule has 1 N–H and O–H groups in total. The van der Waals surface area contributed by atoms with Crippen LogP contribution in [-0.4, -0.2) is 43.3 Å². The molecular weight excluding hydrogens is 179 g/mol. The Labute approximate surface area is 85.9 Å². The molecule has 0 aliphatic carbocycles. The van der Waals surface area contributed by atoms with Crippen LogP contribution in [0.15, 0.2) is 0 Å². The number of nitrogens with zero attached hydrogens (tertiary/aromatic N) is 1. The molecule has 0 aromatic heterocycles. The molecule has 3 atom stereocenters. The van der Waals surface area contributed by atoms with Crippen LogP contribution in [0.1, 0.15) is 26.2 Å². The van der Waals surface area contributed by atoms with Gasteiger partial charge in [0.2, 0.25) is 0 Å². The number of rotatable bonds is 1. The largest absolute Gasteiger partial charge is 0.314 e. The summed E-state index contributed by atoms with van der Waals surface area (Å²) in [7, 11) is 0. The molecular formula is C11H21FN2. The van der Waals surface area contributed by atoms with Crippen molar-refractivity contribution < 1.29 is 4.39 Å². The molecule has 3 heteroatoms. The minimum atomic E-state index is -0.658. The zero-order chi connectivity index (χ0) is 9.97. The second-order valence-electron chi connectivity index (χ2n) is 4.82. The van der Waals surface area contributed by atoms with Gasteiger partial charge in [0.25, 0.3) is 0 Å². The fraction of sp³-hybridized carbons (Fsp3) is 1.00. The summed E-state index contributed by atoms with van der Waals surface area (Å²) in [5, 5.41) is 3.11. The van der Waals surface area contributed by atoms with Crippen molar-refractivity contribution >= 4 is 0 Å². The number of hydrogen-bond acceptors (Lipinski definition) is 2. The van der Waals surface area contributed by atoms with Crippen LogP contribution in [0.5, 0.6) is 0 Å². The molecule has 0 radical (unpaired) electrons. The quantitative estimate of drug-likeness (QED) is 0.688. The molecule has 2 aliphatic heterocycles. The Hall–Kier alpha value is -0.150. The lowest BCUT2D eigenvalue weighted by atomic mass is 9.95. The molecule has 0 bridgehead atoms. The average molecular weight is 200 g/mol. The van der Waals surface area contributed by atoms with Gasteiger partial charge in [0.1, 0.15) is 6.17 Å². The van der Waals surface area contributed by atoms with Crippen LogP contribution < -0.4 is 5.32 Å². The van der Waals surface area contributed by atoms with Crippen molar-refractivity contribution in [2.45, 2.75) is 38.4 Å². The van der Waals surface area contributed by atoms with Crippen molar-refractivity contribution in [1.82, 2.24) is 10.2 Å². The topological polar surface area (TPSA) is 15.3 Å². The van der Waals surface area contributed by atoms with Crippen LogP contribution in [0.3, 0.4) is 0 Å². The van der Waals surface area contributed by atoms with Crippen molar-refractivity contribution in [1.29, 1.82) is 0 Å². The van der Waals surface area contributed by atoms with E-state index in [1.165, 1.54) is 12.8 Å². The Morgan fingerprint density at radius 3 is 2.93 bits per heavy atom. The number of likely N-dealkylation sites (tertiary alicyclic amines) is 1. The van der Waals surface area contributed by atoms with E-state index in [2.05, 4.69) is 17.1 Å². The van der Waals surface area contributed by atoms with Gasteiger partial charge in [0.15, 0.2) is 0 Å². The molecule has 2 rings (SSSR count). The molecule has 14 heavy (non-hydrogen) atoms. The Bertz CT molecular complexity index is 186.